The Kier molecular flexibility index (Phi) is 4.35. The van der Waals surface area contributed by atoms with Gasteiger partial charge in [-0.3, -0.25) is 0 Å². The monoisotopic (exact) mass is 365 g/mol. The molecule has 5 heteroatoms. The first kappa shape index (κ1) is 16.2. The number of thiophene rings is 1. The van der Waals surface area contributed by atoms with Crippen molar-refractivity contribution in [3.05, 3.63) is 52.2 Å². The number of hydrogen-bond acceptors (Lipinski definition) is 5. The van der Waals surface area contributed by atoms with Gasteiger partial charge in [-0.15, -0.1) is 11.3 Å². The molecule has 0 saturated carbocycles. The first-order valence-corrected chi connectivity index (χ1v) is 10.4. The summed E-state index contributed by atoms with van der Waals surface area (Å²) in [5.74, 6) is 1.91. The standard InChI is InChI=1S/C21H23N3OS/c1-2-6-14(7-3-1)12-18-23-20(22-13-15-8-5-11-25-15)19-16-9-4-10-17(16)26-21(19)24-18/h1-3,6-7,15H,4-5,8-13H2,(H,22,23,24). The Morgan fingerprint density at radius 2 is 2.04 bits per heavy atom. The molecule has 1 aromatic carbocycles. The van der Waals surface area contributed by atoms with Crippen molar-refractivity contribution in [2.45, 2.75) is 44.6 Å². The number of anilines is 1. The summed E-state index contributed by atoms with van der Waals surface area (Å²) in [7, 11) is 0. The van der Waals surface area contributed by atoms with E-state index in [4.69, 9.17) is 14.7 Å². The van der Waals surface area contributed by atoms with Gasteiger partial charge in [0, 0.05) is 24.4 Å². The van der Waals surface area contributed by atoms with Gasteiger partial charge in [-0.1, -0.05) is 30.3 Å². The third-order valence-electron chi connectivity index (χ3n) is 5.34. The molecular formula is C21H23N3OS. The van der Waals surface area contributed by atoms with Gasteiger partial charge in [0.25, 0.3) is 0 Å². The Morgan fingerprint density at radius 3 is 2.88 bits per heavy atom. The lowest BCUT2D eigenvalue weighted by atomic mass is 10.1. The molecule has 1 fully saturated rings. The quantitative estimate of drug-likeness (QED) is 0.730. The molecule has 2 aliphatic rings. The molecule has 3 aromatic rings. The van der Waals surface area contributed by atoms with E-state index in [-0.39, 0.29) is 0 Å². The summed E-state index contributed by atoms with van der Waals surface area (Å²) in [5, 5.41) is 4.86. The van der Waals surface area contributed by atoms with Crippen LogP contribution in [0.3, 0.4) is 0 Å². The second kappa shape index (κ2) is 6.97. The van der Waals surface area contributed by atoms with E-state index in [1.54, 1.807) is 0 Å². The summed E-state index contributed by atoms with van der Waals surface area (Å²) in [4.78, 5) is 12.5. The second-order valence-electron chi connectivity index (χ2n) is 7.20. The van der Waals surface area contributed by atoms with Crippen molar-refractivity contribution in [1.82, 2.24) is 9.97 Å². The van der Waals surface area contributed by atoms with E-state index in [0.717, 1.165) is 48.9 Å². The lowest BCUT2D eigenvalue weighted by Gasteiger charge is -2.13. The Morgan fingerprint density at radius 1 is 1.12 bits per heavy atom. The maximum Gasteiger partial charge on any atom is 0.138 e. The van der Waals surface area contributed by atoms with E-state index in [2.05, 4.69) is 29.6 Å². The number of ether oxygens (including phenoxy) is 1. The molecule has 3 heterocycles. The van der Waals surface area contributed by atoms with Gasteiger partial charge in [0.2, 0.25) is 0 Å². The highest BCUT2D eigenvalue weighted by molar-refractivity contribution is 7.19. The molecule has 5 rings (SSSR count). The van der Waals surface area contributed by atoms with Crippen molar-refractivity contribution < 1.29 is 4.74 Å². The van der Waals surface area contributed by atoms with Crippen LogP contribution in [0.5, 0.6) is 0 Å². The maximum atomic E-state index is 5.78. The second-order valence-corrected chi connectivity index (χ2v) is 8.29. The zero-order valence-electron chi connectivity index (χ0n) is 14.8. The zero-order valence-corrected chi connectivity index (χ0v) is 15.6. The summed E-state index contributed by atoms with van der Waals surface area (Å²) >= 11 is 1.86. The van der Waals surface area contributed by atoms with Gasteiger partial charge in [-0.2, -0.15) is 0 Å². The van der Waals surface area contributed by atoms with Gasteiger partial charge in [0.05, 0.1) is 11.5 Å². The van der Waals surface area contributed by atoms with E-state index >= 15 is 0 Å². The Bertz CT molecular complexity index is 916. The normalized spacial score (nSPS) is 19.2. The summed E-state index contributed by atoms with van der Waals surface area (Å²) in [6.45, 7) is 1.72. The van der Waals surface area contributed by atoms with Gasteiger partial charge in [-0.05, 0) is 43.2 Å². The van der Waals surface area contributed by atoms with Crippen molar-refractivity contribution in [1.29, 1.82) is 0 Å². The summed E-state index contributed by atoms with van der Waals surface area (Å²) in [6.07, 6.45) is 6.99. The van der Waals surface area contributed by atoms with E-state index in [1.807, 2.05) is 17.4 Å². The van der Waals surface area contributed by atoms with Crippen molar-refractivity contribution >= 4 is 27.4 Å². The van der Waals surface area contributed by atoms with E-state index in [9.17, 15) is 0 Å². The largest absolute Gasteiger partial charge is 0.376 e. The molecule has 1 unspecified atom stereocenters. The summed E-state index contributed by atoms with van der Waals surface area (Å²) < 4.78 is 5.78. The Labute approximate surface area is 157 Å². The van der Waals surface area contributed by atoms with Gasteiger partial charge in [-0.25, -0.2) is 9.97 Å². The average Bonchev–Trinajstić information content (AvgIpc) is 3.37. The fraction of sp³-hybridized carbons (Fsp3) is 0.429. The predicted octanol–water partition coefficient (Wildman–Crippen LogP) is 4.36. The Balaban J connectivity index is 1.50. The molecule has 0 spiro atoms. The van der Waals surface area contributed by atoms with Crippen LogP contribution in [-0.2, 0) is 24.0 Å². The van der Waals surface area contributed by atoms with Crippen molar-refractivity contribution in [2.75, 3.05) is 18.5 Å². The van der Waals surface area contributed by atoms with Crippen LogP contribution in [0.2, 0.25) is 0 Å². The maximum absolute atomic E-state index is 5.78. The fourth-order valence-electron chi connectivity index (χ4n) is 4.04. The van der Waals surface area contributed by atoms with Gasteiger partial charge in [0.15, 0.2) is 0 Å². The van der Waals surface area contributed by atoms with E-state index in [1.165, 1.54) is 40.7 Å². The van der Waals surface area contributed by atoms with Crippen molar-refractivity contribution in [3.63, 3.8) is 0 Å². The van der Waals surface area contributed by atoms with Crippen LogP contribution < -0.4 is 5.32 Å². The molecule has 2 aromatic heterocycles. The third kappa shape index (κ3) is 3.10. The number of aromatic nitrogens is 2. The first-order chi connectivity index (χ1) is 12.9. The lowest BCUT2D eigenvalue weighted by Crippen LogP contribution is -2.19. The van der Waals surface area contributed by atoms with Crippen LogP contribution in [0.15, 0.2) is 30.3 Å². The summed E-state index contributed by atoms with van der Waals surface area (Å²) in [5.41, 5.74) is 2.73. The van der Waals surface area contributed by atoms with Crippen LogP contribution >= 0.6 is 11.3 Å². The van der Waals surface area contributed by atoms with Crippen LogP contribution in [0.4, 0.5) is 5.82 Å². The highest BCUT2D eigenvalue weighted by Gasteiger charge is 2.23. The number of fused-ring (bicyclic) bond motifs is 3. The van der Waals surface area contributed by atoms with Crippen LogP contribution in [0.1, 0.15) is 41.1 Å². The number of rotatable bonds is 5. The number of nitrogens with zero attached hydrogens (tertiary/aromatic N) is 2. The van der Waals surface area contributed by atoms with Gasteiger partial charge in [0.1, 0.15) is 16.5 Å². The molecule has 1 atom stereocenters. The smallest absolute Gasteiger partial charge is 0.138 e. The van der Waals surface area contributed by atoms with Gasteiger partial charge >= 0.3 is 0 Å². The van der Waals surface area contributed by atoms with Gasteiger partial charge < -0.3 is 10.1 Å². The van der Waals surface area contributed by atoms with Crippen LogP contribution in [0.25, 0.3) is 10.2 Å². The number of benzene rings is 1. The zero-order chi connectivity index (χ0) is 17.3. The molecule has 26 heavy (non-hydrogen) atoms. The van der Waals surface area contributed by atoms with Crippen LogP contribution in [0, 0.1) is 0 Å². The molecule has 0 bridgehead atoms. The molecule has 1 aliphatic heterocycles. The van der Waals surface area contributed by atoms with Crippen molar-refractivity contribution in [3.8, 4) is 0 Å². The molecule has 1 saturated heterocycles. The highest BCUT2D eigenvalue weighted by Crippen LogP contribution is 2.39. The van der Waals surface area contributed by atoms with E-state index < -0.39 is 0 Å². The number of nitrogens with one attached hydrogen (secondary N) is 1. The molecule has 1 aliphatic carbocycles. The molecule has 4 nitrogen and oxygen atoms in total. The fourth-order valence-corrected chi connectivity index (χ4v) is 5.32. The molecule has 134 valence electrons. The van der Waals surface area contributed by atoms with E-state index in [0.29, 0.717) is 6.10 Å². The predicted molar refractivity (Wildman–Crippen MR) is 106 cm³/mol. The highest BCUT2D eigenvalue weighted by atomic mass is 32.1. The lowest BCUT2D eigenvalue weighted by molar-refractivity contribution is 0.120. The SMILES string of the molecule is c1ccc(Cc2nc(NCC3CCCO3)c3c4c(sc3n2)CCC4)cc1. The average molecular weight is 366 g/mol. The molecule has 0 radical (unpaired) electrons. The molecule has 0 amide bonds. The topological polar surface area (TPSA) is 47.0 Å². The Hall–Kier alpha value is -1.98. The minimum Gasteiger partial charge on any atom is -0.376 e. The number of hydrogen-bond donors (Lipinski definition) is 1. The third-order valence-corrected chi connectivity index (χ3v) is 6.52. The molecular weight excluding hydrogens is 342 g/mol. The number of aryl methyl sites for hydroxylation is 2. The summed E-state index contributed by atoms with van der Waals surface area (Å²) in [6, 6.07) is 10.5. The van der Waals surface area contributed by atoms with Crippen LogP contribution in [-0.4, -0.2) is 29.2 Å². The minimum absolute atomic E-state index is 0.310. The molecule has 1 N–H and O–H groups in total. The first-order valence-electron chi connectivity index (χ1n) is 9.57. The minimum atomic E-state index is 0.310. The van der Waals surface area contributed by atoms with Crippen molar-refractivity contribution in [2.24, 2.45) is 0 Å².